The van der Waals surface area contributed by atoms with E-state index in [1.807, 2.05) is 42.5 Å². The SMILES string of the molecule is COc1cccc(-c2cnc(-c3ccccc3C(=O)NCC3CCCO3)o2)c1. The van der Waals surface area contributed by atoms with Crippen LogP contribution >= 0.6 is 0 Å². The number of carbonyl (C=O) groups is 1. The summed E-state index contributed by atoms with van der Waals surface area (Å²) >= 11 is 0. The number of ether oxygens (including phenoxy) is 2. The average Bonchev–Trinajstić information content (AvgIpc) is 3.44. The molecule has 2 aromatic carbocycles. The van der Waals surface area contributed by atoms with Gasteiger partial charge in [0.05, 0.1) is 25.0 Å². The topological polar surface area (TPSA) is 73.6 Å². The zero-order valence-corrected chi connectivity index (χ0v) is 15.7. The van der Waals surface area contributed by atoms with E-state index in [-0.39, 0.29) is 12.0 Å². The summed E-state index contributed by atoms with van der Waals surface area (Å²) < 4.78 is 16.8. The monoisotopic (exact) mass is 378 g/mol. The number of nitrogens with zero attached hydrogens (tertiary/aromatic N) is 1. The number of oxazole rings is 1. The molecule has 0 spiro atoms. The number of carbonyl (C=O) groups excluding carboxylic acids is 1. The predicted molar refractivity (Wildman–Crippen MR) is 105 cm³/mol. The van der Waals surface area contributed by atoms with Crippen molar-refractivity contribution in [1.29, 1.82) is 0 Å². The Morgan fingerprint density at radius 3 is 2.96 bits per heavy atom. The highest BCUT2D eigenvalue weighted by Crippen LogP contribution is 2.29. The van der Waals surface area contributed by atoms with Gasteiger partial charge in [0.25, 0.3) is 5.91 Å². The molecule has 1 aliphatic rings. The van der Waals surface area contributed by atoms with E-state index in [9.17, 15) is 4.79 Å². The van der Waals surface area contributed by atoms with Gasteiger partial charge in [0, 0.05) is 24.3 Å². The lowest BCUT2D eigenvalue weighted by Gasteiger charge is -2.12. The van der Waals surface area contributed by atoms with Crippen molar-refractivity contribution in [3.05, 3.63) is 60.3 Å². The van der Waals surface area contributed by atoms with Crippen LogP contribution in [0, 0.1) is 0 Å². The largest absolute Gasteiger partial charge is 0.497 e. The van der Waals surface area contributed by atoms with Crippen LogP contribution in [-0.4, -0.2) is 37.3 Å². The van der Waals surface area contributed by atoms with Gasteiger partial charge in [-0.15, -0.1) is 0 Å². The minimum Gasteiger partial charge on any atom is -0.497 e. The van der Waals surface area contributed by atoms with Crippen molar-refractivity contribution >= 4 is 5.91 Å². The molecule has 1 atom stereocenters. The van der Waals surface area contributed by atoms with Gasteiger partial charge in [-0.25, -0.2) is 4.98 Å². The molecule has 28 heavy (non-hydrogen) atoms. The van der Waals surface area contributed by atoms with Crippen LogP contribution in [0.25, 0.3) is 22.8 Å². The van der Waals surface area contributed by atoms with E-state index in [0.717, 1.165) is 30.8 Å². The summed E-state index contributed by atoms with van der Waals surface area (Å²) in [4.78, 5) is 17.1. The van der Waals surface area contributed by atoms with Crippen LogP contribution in [0.15, 0.2) is 59.1 Å². The fourth-order valence-electron chi connectivity index (χ4n) is 3.28. The minimum absolute atomic E-state index is 0.0949. The number of hydrogen-bond acceptors (Lipinski definition) is 5. The molecule has 6 heteroatoms. The summed E-state index contributed by atoms with van der Waals surface area (Å²) in [5.74, 6) is 1.60. The maximum Gasteiger partial charge on any atom is 0.252 e. The van der Waals surface area contributed by atoms with Gasteiger partial charge in [-0.2, -0.15) is 0 Å². The van der Waals surface area contributed by atoms with Crippen LogP contribution in [0.3, 0.4) is 0 Å². The van der Waals surface area contributed by atoms with Crippen molar-refractivity contribution in [2.24, 2.45) is 0 Å². The number of amides is 1. The van der Waals surface area contributed by atoms with Crippen molar-refractivity contribution in [1.82, 2.24) is 10.3 Å². The lowest BCUT2D eigenvalue weighted by atomic mass is 10.1. The number of hydrogen-bond donors (Lipinski definition) is 1. The molecule has 1 unspecified atom stereocenters. The number of benzene rings is 2. The quantitative estimate of drug-likeness (QED) is 0.704. The Hall–Kier alpha value is -3.12. The summed E-state index contributed by atoms with van der Waals surface area (Å²) in [6.07, 6.45) is 3.77. The second-order valence-electron chi connectivity index (χ2n) is 6.65. The van der Waals surface area contributed by atoms with Crippen molar-refractivity contribution in [2.45, 2.75) is 18.9 Å². The Labute approximate surface area is 163 Å². The van der Waals surface area contributed by atoms with Gasteiger partial charge in [-0.3, -0.25) is 4.79 Å². The Balaban J connectivity index is 1.56. The Morgan fingerprint density at radius 1 is 1.25 bits per heavy atom. The molecule has 1 aliphatic heterocycles. The molecule has 6 nitrogen and oxygen atoms in total. The summed E-state index contributed by atoms with van der Waals surface area (Å²) in [7, 11) is 1.62. The van der Waals surface area contributed by atoms with Gasteiger partial charge in [-0.1, -0.05) is 24.3 Å². The third-order valence-electron chi connectivity index (χ3n) is 4.78. The predicted octanol–water partition coefficient (Wildman–Crippen LogP) is 3.93. The lowest BCUT2D eigenvalue weighted by Crippen LogP contribution is -2.32. The van der Waals surface area contributed by atoms with Gasteiger partial charge in [-0.05, 0) is 37.1 Å². The molecular weight excluding hydrogens is 356 g/mol. The first-order valence-electron chi connectivity index (χ1n) is 9.34. The number of aromatic nitrogens is 1. The molecule has 0 aliphatic carbocycles. The van der Waals surface area contributed by atoms with E-state index in [4.69, 9.17) is 13.9 Å². The van der Waals surface area contributed by atoms with Crippen LogP contribution in [0.2, 0.25) is 0 Å². The second-order valence-corrected chi connectivity index (χ2v) is 6.65. The fourth-order valence-corrected chi connectivity index (χ4v) is 3.28. The van der Waals surface area contributed by atoms with E-state index in [2.05, 4.69) is 10.3 Å². The average molecular weight is 378 g/mol. The first-order chi connectivity index (χ1) is 13.7. The highest BCUT2D eigenvalue weighted by molar-refractivity contribution is 6.00. The Morgan fingerprint density at radius 2 is 2.14 bits per heavy atom. The molecule has 2 heterocycles. The maximum atomic E-state index is 12.7. The number of nitrogens with one attached hydrogen (secondary N) is 1. The first-order valence-corrected chi connectivity index (χ1v) is 9.34. The standard InChI is InChI=1S/C22H22N2O4/c1-26-16-7-4-6-15(12-16)20-14-24-22(28-20)19-10-3-2-9-18(19)21(25)23-13-17-8-5-11-27-17/h2-4,6-7,9-10,12,14,17H,5,8,11,13H2,1H3,(H,23,25). The molecule has 1 N–H and O–H groups in total. The third kappa shape index (κ3) is 3.92. The zero-order valence-electron chi connectivity index (χ0n) is 15.7. The normalized spacial score (nSPS) is 16.1. The van der Waals surface area contributed by atoms with Crippen LogP contribution in [0.1, 0.15) is 23.2 Å². The maximum absolute atomic E-state index is 12.7. The molecule has 0 radical (unpaired) electrons. The molecule has 0 bridgehead atoms. The van der Waals surface area contributed by atoms with E-state index < -0.39 is 0 Å². The van der Waals surface area contributed by atoms with E-state index >= 15 is 0 Å². The molecule has 144 valence electrons. The third-order valence-corrected chi connectivity index (χ3v) is 4.78. The summed E-state index contributed by atoms with van der Waals surface area (Å²) in [6.45, 7) is 1.27. The van der Waals surface area contributed by atoms with Crippen LogP contribution in [0.4, 0.5) is 0 Å². The van der Waals surface area contributed by atoms with Crippen molar-refractivity contribution < 1.29 is 18.7 Å². The molecular formula is C22H22N2O4. The highest BCUT2D eigenvalue weighted by Gasteiger charge is 2.20. The van der Waals surface area contributed by atoms with Crippen LogP contribution in [0.5, 0.6) is 5.75 Å². The van der Waals surface area contributed by atoms with Crippen LogP contribution in [-0.2, 0) is 4.74 Å². The molecule has 4 rings (SSSR count). The minimum atomic E-state index is -0.160. The Kier molecular flexibility index (Phi) is 5.39. The zero-order chi connectivity index (χ0) is 19.3. The number of rotatable bonds is 6. The van der Waals surface area contributed by atoms with Gasteiger partial charge < -0.3 is 19.2 Å². The van der Waals surface area contributed by atoms with Gasteiger partial charge >= 0.3 is 0 Å². The van der Waals surface area contributed by atoms with Gasteiger partial charge in [0.2, 0.25) is 5.89 Å². The Bertz CT molecular complexity index is 960. The summed E-state index contributed by atoms with van der Waals surface area (Å²) in [5.41, 5.74) is 2.04. The number of methoxy groups -OCH3 is 1. The molecule has 3 aromatic rings. The molecule has 1 saturated heterocycles. The van der Waals surface area contributed by atoms with E-state index in [1.54, 1.807) is 19.4 Å². The smallest absolute Gasteiger partial charge is 0.252 e. The lowest BCUT2D eigenvalue weighted by molar-refractivity contribution is 0.0858. The summed E-state index contributed by atoms with van der Waals surface area (Å²) in [6, 6.07) is 14.9. The highest BCUT2D eigenvalue weighted by atomic mass is 16.5. The van der Waals surface area contributed by atoms with Crippen LogP contribution < -0.4 is 10.1 Å². The van der Waals surface area contributed by atoms with E-state index in [0.29, 0.717) is 29.3 Å². The molecule has 1 aromatic heterocycles. The van der Waals surface area contributed by atoms with Crippen molar-refractivity contribution in [3.8, 4) is 28.5 Å². The summed E-state index contributed by atoms with van der Waals surface area (Å²) in [5, 5.41) is 2.95. The molecule has 1 fully saturated rings. The second kappa shape index (κ2) is 8.27. The molecule has 1 amide bonds. The fraction of sp³-hybridized carbons (Fsp3) is 0.273. The van der Waals surface area contributed by atoms with Crippen molar-refractivity contribution in [3.63, 3.8) is 0 Å². The first kappa shape index (κ1) is 18.3. The molecule has 0 saturated carbocycles. The van der Waals surface area contributed by atoms with E-state index in [1.165, 1.54) is 0 Å². The van der Waals surface area contributed by atoms with Crippen molar-refractivity contribution in [2.75, 3.05) is 20.3 Å². The van der Waals surface area contributed by atoms with Gasteiger partial charge in [0.15, 0.2) is 5.76 Å². The van der Waals surface area contributed by atoms with Gasteiger partial charge in [0.1, 0.15) is 5.75 Å².